The van der Waals surface area contributed by atoms with Gasteiger partial charge >= 0.3 is 5.97 Å². The van der Waals surface area contributed by atoms with Crippen molar-refractivity contribution >= 4 is 46.4 Å². The first-order valence-electron chi connectivity index (χ1n) is 7.45. The molecule has 0 saturated carbocycles. The molecular formula is C17H17ClN2O4S. The van der Waals surface area contributed by atoms with Gasteiger partial charge < -0.3 is 15.4 Å². The third-order valence-corrected chi connectivity index (χ3v) is 4.36. The summed E-state index contributed by atoms with van der Waals surface area (Å²) in [6, 6.07) is 10.1. The molecule has 8 heteroatoms. The van der Waals surface area contributed by atoms with Gasteiger partial charge in [-0.15, -0.1) is 11.3 Å². The molecule has 0 radical (unpaired) electrons. The van der Waals surface area contributed by atoms with Crippen LogP contribution in [0.1, 0.15) is 21.5 Å². The summed E-state index contributed by atoms with van der Waals surface area (Å²) in [4.78, 5) is 37.1. The minimum atomic E-state index is -1.01. The number of carbonyl (C=O) groups excluding carboxylic acids is 3. The number of esters is 1. The van der Waals surface area contributed by atoms with Crippen molar-refractivity contribution in [3.63, 3.8) is 0 Å². The third kappa shape index (κ3) is 5.88. The zero-order chi connectivity index (χ0) is 18.4. The average molecular weight is 381 g/mol. The summed E-state index contributed by atoms with van der Waals surface area (Å²) in [6.07, 6.45) is -1.01. The normalized spacial score (nSPS) is 11.5. The Morgan fingerprint density at radius 2 is 2.00 bits per heavy atom. The molecule has 1 aromatic heterocycles. The highest BCUT2D eigenvalue weighted by molar-refractivity contribution is 7.13. The van der Waals surface area contributed by atoms with Crippen LogP contribution in [0, 0.1) is 6.92 Å². The number of aryl methyl sites for hydroxylation is 1. The molecule has 2 N–H and O–H groups in total. The Kier molecular flexibility index (Phi) is 6.55. The fraction of sp³-hybridized carbons (Fsp3) is 0.235. The first-order valence-corrected chi connectivity index (χ1v) is 8.65. The van der Waals surface area contributed by atoms with Crippen molar-refractivity contribution in [3.8, 4) is 0 Å². The molecular weight excluding hydrogens is 364 g/mol. The quantitative estimate of drug-likeness (QED) is 0.754. The molecule has 2 aromatic rings. The lowest BCUT2D eigenvalue weighted by Gasteiger charge is -2.14. The maximum atomic E-state index is 12.0. The maximum absolute atomic E-state index is 12.0. The summed E-state index contributed by atoms with van der Waals surface area (Å²) in [5.41, 5.74) is 0.502. The number of hydrogen-bond acceptors (Lipinski definition) is 5. The molecule has 0 aliphatic heterocycles. The highest BCUT2D eigenvalue weighted by atomic mass is 35.5. The second kappa shape index (κ2) is 8.64. The van der Waals surface area contributed by atoms with E-state index in [9.17, 15) is 14.4 Å². The van der Waals surface area contributed by atoms with Crippen LogP contribution >= 0.6 is 22.9 Å². The Labute approximate surface area is 154 Å². The van der Waals surface area contributed by atoms with Gasteiger partial charge in [0, 0.05) is 15.6 Å². The maximum Gasteiger partial charge on any atom is 0.326 e. The minimum absolute atomic E-state index is 0.315. The number of halogens is 1. The van der Waals surface area contributed by atoms with E-state index in [4.69, 9.17) is 16.3 Å². The minimum Gasteiger partial charge on any atom is -0.451 e. The number of thiophene rings is 1. The Morgan fingerprint density at radius 1 is 1.24 bits per heavy atom. The molecule has 1 aromatic carbocycles. The number of anilines is 1. The second-order valence-electron chi connectivity index (χ2n) is 5.22. The van der Waals surface area contributed by atoms with Gasteiger partial charge in [0.05, 0.1) is 4.88 Å². The van der Waals surface area contributed by atoms with E-state index in [0.29, 0.717) is 15.6 Å². The van der Waals surface area contributed by atoms with Gasteiger partial charge in [0.15, 0.2) is 6.10 Å². The predicted molar refractivity (Wildman–Crippen MR) is 97.0 cm³/mol. The number of ether oxygens (including phenoxy) is 1. The summed E-state index contributed by atoms with van der Waals surface area (Å²) in [5.74, 6) is -1.54. The fourth-order valence-corrected chi connectivity index (χ4v) is 2.87. The van der Waals surface area contributed by atoms with Gasteiger partial charge in [-0.05, 0) is 44.2 Å². The van der Waals surface area contributed by atoms with Crippen LogP contribution in [-0.2, 0) is 14.3 Å². The number of hydrogen-bond donors (Lipinski definition) is 2. The largest absolute Gasteiger partial charge is 0.451 e. The number of carbonyl (C=O) groups is 3. The van der Waals surface area contributed by atoms with Crippen LogP contribution in [0.25, 0.3) is 0 Å². The molecule has 2 rings (SSSR count). The van der Waals surface area contributed by atoms with E-state index in [2.05, 4.69) is 10.6 Å². The molecule has 0 aliphatic rings. The van der Waals surface area contributed by atoms with Gasteiger partial charge in [-0.25, -0.2) is 0 Å². The lowest BCUT2D eigenvalue weighted by Crippen LogP contribution is -2.35. The monoisotopic (exact) mass is 380 g/mol. The van der Waals surface area contributed by atoms with E-state index in [1.807, 2.05) is 13.0 Å². The van der Waals surface area contributed by atoms with E-state index in [1.54, 1.807) is 30.3 Å². The van der Waals surface area contributed by atoms with Gasteiger partial charge in [0.25, 0.3) is 11.8 Å². The SMILES string of the molecule is Cc1ccc(C(=O)NCC(=O)OC(C)C(=O)Nc2cccc(Cl)c2)s1. The Bertz CT molecular complexity index is 790. The molecule has 0 fully saturated rings. The van der Waals surface area contributed by atoms with Gasteiger partial charge in [-0.2, -0.15) is 0 Å². The molecule has 0 spiro atoms. The van der Waals surface area contributed by atoms with Crippen molar-refractivity contribution in [2.45, 2.75) is 20.0 Å². The van der Waals surface area contributed by atoms with Crippen LogP contribution < -0.4 is 10.6 Å². The van der Waals surface area contributed by atoms with Crippen molar-refractivity contribution in [1.82, 2.24) is 5.32 Å². The molecule has 0 saturated heterocycles. The van der Waals surface area contributed by atoms with Crippen molar-refractivity contribution in [3.05, 3.63) is 51.2 Å². The van der Waals surface area contributed by atoms with Crippen molar-refractivity contribution in [2.75, 3.05) is 11.9 Å². The first kappa shape index (κ1) is 19.0. The number of benzene rings is 1. The van der Waals surface area contributed by atoms with Gasteiger partial charge in [0.2, 0.25) is 0 Å². The zero-order valence-electron chi connectivity index (χ0n) is 13.7. The van der Waals surface area contributed by atoms with Crippen molar-refractivity contribution < 1.29 is 19.1 Å². The molecule has 132 valence electrons. The molecule has 6 nitrogen and oxygen atoms in total. The standard InChI is InChI=1S/C17H17ClN2O4S/c1-10-6-7-14(25-10)17(23)19-9-15(21)24-11(2)16(22)20-13-5-3-4-12(18)8-13/h3-8,11H,9H2,1-2H3,(H,19,23)(H,20,22). The van der Waals surface area contributed by atoms with E-state index in [-0.39, 0.29) is 12.5 Å². The Balaban J connectivity index is 1.79. The summed E-state index contributed by atoms with van der Waals surface area (Å²) >= 11 is 7.17. The summed E-state index contributed by atoms with van der Waals surface area (Å²) < 4.78 is 5.01. The topological polar surface area (TPSA) is 84.5 Å². The third-order valence-electron chi connectivity index (χ3n) is 3.13. The lowest BCUT2D eigenvalue weighted by molar-refractivity contribution is -0.152. The number of amides is 2. The molecule has 0 bridgehead atoms. The molecule has 25 heavy (non-hydrogen) atoms. The molecule has 0 aliphatic carbocycles. The summed E-state index contributed by atoms with van der Waals surface area (Å²) in [5, 5.41) is 5.54. The molecule has 1 heterocycles. The zero-order valence-corrected chi connectivity index (χ0v) is 15.2. The Morgan fingerprint density at radius 3 is 2.64 bits per heavy atom. The van der Waals surface area contributed by atoms with Crippen LogP contribution in [-0.4, -0.2) is 30.4 Å². The van der Waals surface area contributed by atoms with Crippen LogP contribution in [0.4, 0.5) is 5.69 Å². The average Bonchev–Trinajstić information content (AvgIpc) is 2.99. The van der Waals surface area contributed by atoms with E-state index in [0.717, 1.165) is 4.88 Å². The van der Waals surface area contributed by atoms with Crippen molar-refractivity contribution in [1.29, 1.82) is 0 Å². The van der Waals surface area contributed by atoms with Crippen LogP contribution in [0.15, 0.2) is 36.4 Å². The molecule has 2 amide bonds. The summed E-state index contributed by atoms with van der Waals surface area (Å²) in [7, 11) is 0. The highest BCUT2D eigenvalue weighted by Gasteiger charge is 2.19. The second-order valence-corrected chi connectivity index (χ2v) is 6.95. The van der Waals surface area contributed by atoms with E-state index < -0.39 is 18.0 Å². The number of rotatable bonds is 6. The smallest absolute Gasteiger partial charge is 0.326 e. The Hall–Kier alpha value is -2.38. The van der Waals surface area contributed by atoms with Gasteiger partial charge in [0.1, 0.15) is 6.54 Å². The fourth-order valence-electron chi connectivity index (χ4n) is 1.90. The van der Waals surface area contributed by atoms with Crippen molar-refractivity contribution in [2.24, 2.45) is 0 Å². The predicted octanol–water partition coefficient (Wildman–Crippen LogP) is 3.01. The van der Waals surface area contributed by atoms with Gasteiger partial charge in [-0.3, -0.25) is 14.4 Å². The molecule has 1 unspecified atom stereocenters. The molecule has 1 atom stereocenters. The van der Waals surface area contributed by atoms with E-state index in [1.165, 1.54) is 18.3 Å². The van der Waals surface area contributed by atoms with Crippen LogP contribution in [0.2, 0.25) is 5.02 Å². The lowest BCUT2D eigenvalue weighted by atomic mass is 10.3. The van der Waals surface area contributed by atoms with E-state index >= 15 is 0 Å². The number of nitrogens with one attached hydrogen (secondary N) is 2. The first-order chi connectivity index (χ1) is 11.8. The summed E-state index contributed by atoms with van der Waals surface area (Å²) in [6.45, 7) is 3.02. The highest BCUT2D eigenvalue weighted by Crippen LogP contribution is 2.16. The van der Waals surface area contributed by atoms with Crippen LogP contribution in [0.3, 0.4) is 0 Å². The van der Waals surface area contributed by atoms with Gasteiger partial charge in [-0.1, -0.05) is 17.7 Å². The van der Waals surface area contributed by atoms with Crippen LogP contribution in [0.5, 0.6) is 0 Å².